The minimum absolute atomic E-state index is 0.000270. The maximum atomic E-state index is 12.8. The van der Waals surface area contributed by atoms with Crippen molar-refractivity contribution in [3.63, 3.8) is 0 Å². The molecule has 0 aliphatic heterocycles. The first kappa shape index (κ1) is 18.9. The lowest BCUT2D eigenvalue weighted by atomic mass is 9.98. The number of benzene rings is 2. The zero-order valence-corrected chi connectivity index (χ0v) is 14.8. The predicted octanol–water partition coefficient (Wildman–Crippen LogP) is 3.26. The summed E-state index contributed by atoms with van der Waals surface area (Å²) >= 11 is 3.99. The Morgan fingerprint density at radius 2 is 1.88 bits per heavy atom. The molecule has 0 spiro atoms. The topological polar surface area (TPSA) is 75.6 Å². The van der Waals surface area contributed by atoms with Gasteiger partial charge in [-0.25, -0.2) is 4.79 Å². The average Bonchev–Trinajstić information content (AvgIpc) is 2.64. The first-order valence-electron chi connectivity index (χ1n) is 8.04. The Bertz CT molecular complexity index is 733. The summed E-state index contributed by atoms with van der Waals surface area (Å²) in [7, 11) is 0. The fourth-order valence-electron chi connectivity index (χ4n) is 2.37. The number of carbonyl (C=O) groups excluding carboxylic acids is 1. The molecule has 0 fully saturated rings. The number of hydrogen-bond acceptors (Lipinski definition) is 4. The van der Waals surface area contributed by atoms with Crippen molar-refractivity contribution in [2.24, 2.45) is 0 Å². The van der Waals surface area contributed by atoms with E-state index < -0.39 is 17.9 Å². The minimum Gasteiger partial charge on any atom is -0.493 e. The Kier molecular flexibility index (Phi) is 6.89. The number of hydrogen-bond donors (Lipinski definition) is 3. The number of amides is 1. The second kappa shape index (κ2) is 9.13. The number of carbonyl (C=O) groups is 2. The van der Waals surface area contributed by atoms with Gasteiger partial charge in [-0.2, -0.15) is 12.6 Å². The maximum Gasteiger partial charge on any atom is 0.327 e. The summed E-state index contributed by atoms with van der Waals surface area (Å²) in [6.45, 7) is 2.44. The summed E-state index contributed by atoms with van der Waals surface area (Å²) in [6.07, 6.45) is 0.797. The number of thiol groups is 1. The molecule has 25 heavy (non-hydrogen) atoms. The van der Waals surface area contributed by atoms with E-state index in [0.717, 1.165) is 12.0 Å². The fourth-order valence-corrected chi connectivity index (χ4v) is 2.62. The van der Waals surface area contributed by atoms with E-state index in [1.54, 1.807) is 6.07 Å². The monoisotopic (exact) mass is 359 g/mol. The summed E-state index contributed by atoms with van der Waals surface area (Å²) in [5, 5.41) is 11.7. The van der Waals surface area contributed by atoms with Crippen molar-refractivity contribution in [3.05, 3.63) is 54.1 Å². The standard InChI is InChI=1S/C19H21NO4S/c1-2-11-24-16-10-6-9-14(13-7-4-3-5-8-13)17(16)18(21)20-15(12-25)19(22)23/h3-10,15,25H,2,11-12H2,1H3,(H,20,21)(H,22,23)/t15-/m0/s1. The molecule has 0 aromatic heterocycles. The molecule has 0 aliphatic carbocycles. The molecule has 0 saturated carbocycles. The van der Waals surface area contributed by atoms with Crippen molar-refractivity contribution in [2.45, 2.75) is 19.4 Å². The smallest absolute Gasteiger partial charge is 0.327 e. The first-order chi connectivity index (χ1) is 12.1. The minimum atomic E-state index is -1.13. The van der Waals surface area contributed by atoms with E-state index in [1.165, 1.54) is 0 Å². The number of rotatable bonds is 8. The largest absolute Gasteiger partial charge is 0.493 e. The molecule has 0 saturated heterocycles. The SMILES string of the molecule is CCCOc1cccc(-c2ccccc2)c1C(=O)N[C@@H](CS)C(=O)O. The highest BCUT2D eigenvalue weighted by Gasteiger charge is 2.24. The molecule has 6 heteroatoms. The van der Waals surface area contributed by atoms with Gasteiger partial charge in [-0.3, -0.25) is 4.79 Å². The molecular formula is C19H21NO4S. The van der Waals surface area contributed by atoms with Gasteiger partial charge in [0, 0.05) is 5.75 Å². The molecule has 2 rings (SSSR count). The summed E-state index contributed by atoms with van der Waals surface area (Å²) in [6, 6.07) is 13.7. The van der Waals surface area contributed by atoms with E-state index in [2.05, 4.69) is 17.9 Å². The van der Waals surface area contributed by atoms with Crippen molar-refractivity contribution in [1.29, 1.82) is 0 Å². The highest BCUT2D eigenvalue weighted by Crippen LogP contribution is 2.31. The highest BCUT2D eigenvalue weighted by molar-refractivity contribution is 7.80. The van der Waals surface area contributed by atoms with Crippen molar-refractivity contribution in [1.82, 2.24) is 5.32 Å². The molecule has 2 aromatic carbocycles. The quantitative estimate of drug-likeness (QED) is 0.633. The van der Waals surface area contributed by atoms with E-state index >= 15 is 0 Å². The molecular weight excluding hydrogens is 338 g/mol. The molecule has 5 nitrogen and oxygen atoms in total. The molecule has 2 aromatic rings. The normalized spacial score (nSPS) is 11.6. The van der Waals surface area contributed by atoms with Crippen LogP contribution >= 0.6 is 12.6 Å². The third kappa shape index (κ3) is 4.76. The van der Waals surface area contributed by atoms with Crippen LogP contribution < -0.4 is 10.1 Å². The maximum absolute atomic E-state index is 12.8. The zero-order chi connectivity index (χ0) is 18.2. The molecule has 1 atom stereocenters. The van der Waals surface area contributed by atoms with E-state index in [9.17, 15) is 14.7 Å². The van der Waals surface area contributed by atoms with Crippen LogP contribution in [0.3, 0.4) is 0 Å². The highest BCUT2D eigenvalue weighted by atomic mass is 32.1. The van der Waals surface area contributed by atoms with Crippen LogP contribution in [0.5, 0.6) is 5.75 Å². The van der Waals surface area contributed by atoms with Crippen LogP contribution in [0.2, 0.25) is 0 Å². The summed E-state index contributed by atoms with van der Waals surface area (Å²) in [4.78, 5) is 24.0. The number of carboxylic acids is 1. The van der Waals surface area contributed by atoms with Gasteiger partial charge >= 0.3 is 5.97 Å². The zero-order valence-electron chi connectivity index (χ0n) is 13.9. The summed E-state index contributed by atoms with van der Waals surface area (Å²) in [5.74, 6) is -1.19. The van der Waals surface area contributed by atoms with Crippen LogP contribution in [0.1, 0.15) is 23.7 Å². The Morgan fingerprint density at radius 1 is 1.16 bits per heavy atom. The van der Waals surface area contributed by atoms with Gasteiger partial charge in [-0.1, -0.05) is 49.4 Å². The van der Waals surface area contributed by atoms with Gasteiger partial charge in [-0.05, 0) is 23.6 Å². The van der Waals surface area contributed by atoms with Gasteiger partial charge in [0.25, 0.3) is 5.91 Å². The lowest BCUT2D eigenvalue weighted by molar-refractivity contribution is -0.138. The van der Waals surface area contributed by atoms with Gasteiger partial charge in [0.2, 0.25) is 0 Å². The van der Waals surface area contributed by atoms with Gasteiger partial charge in [0.1, 0.15) is 11.8 Å². The van der Waals surface area contributed by atoms with E-state index in [1.807, 2.05) is 49.4 Å². The first-order valence-corrected chi connectivity index (χ1v) is 8.67. The molecule has 0 heterocycles. The second-order valence-electron chi connectivity index (χ2n) is 5.44. The third-order valence-corrected chi connectivity index (χ3v) is 3.95. The van der Waals surface area contributed by atoms with E-state index in [0.29, 0.717) is 23.5 Å². The van der Waals surface area contributed by atoms with Crippen LogP contribution in [0.25, 0.3) is 11.1 Å². The van der Waals surface area contributed by atoms with Crippen molar-refractivity contribution < 1.29 is 19.4 Å². The predicted molar refractivity (Wildman–Crippen MR) is 100 cm³/mol. The van der Waals surface area contributed by atoms with Gasteiger partial charge in [-0.15, -0.1) is 0 Å². The summed E-state index contributed by atoms with van der Waals surface area (Å²) in [5.41, 5.74) is 1.87. The Labute approximate surface area is 152 Å². The fraction of sp³-hybridized carbons (Fsp3) is 0.263. The van der Waals surface area contributed by atoms with Gasteiger partial charge < -0.3 is 15.2 Å². The average molecular weight is 359 g/mol. The Balaban J connectivity index is 2.47. The number of aliphatic carboxylic acids is 1. The molecule has 1 amide bonds. The van der Waals surface area contributed by atoms with Gasteiger partial charge in [0.15, 0.2) is 0 Å². The number of nitrogens with one attached hydrogen (secondary N) is 1. The van der Waals surface area contributed by atoms with Crippen molar-refractivity contribution >= 4 is 24.5 Å². The van der Waals surface area contributed by atoms with E-state index in [4.69, 9.17) is 4.74 Å². The summed E-state index contributed by atoms with van der Waals surface area (Å²) < 4.78 is 5.72. The van der Waals surface area contributed by atoms with Gasteiger partial charge in [0.05, 0.1) is 12.2 Å². The van der Waals surface area contributed by atoms with E-state index in [-0.39, 0.29) is 5.75 Å². The number of carboxylic acid groups (broad SMARTS) is 1. The Hall–Kier alpha value is -2.47. The van der Waals surface area contributed by atoms with Crippen molar-refractivity contribution in [2.75, 3.05) is 12.4 Å². The number of ether oxygens (including phenoxy) is 1. The lowest BCUT2D eigenvalue weighted by Gasteiger charge is -2.18. The second-order valence-corrected chi connectivity index (χ2v) is 5.81. The van der Waals surface area contributed by atoms with Crippen molar-refractivity contribution in [3.8, 4) is 16.9 Å². The third-order valence-electron chi connectivity index (χ3n) is 3.59. The van der Waals surface area contributed by atoms with Crippen LogP contribution in [0, 0.1) is 0 Å². The molecule has 0 radical (unpaired) electrons. The Morgan fingerprint density at radius 3 is 2.48 bits per heavy atom. The van der Waals surface area contributed by atoms with Crippen LogP contribution in [-0.2, 0) is 4.79 Å². The van der Waals surface area contributed by atoms with Crippen LogP contribution in [0.15, 0.2) is 48.5 Å². The molecule has 132 valence electrons. The van der Waals surface area contributed by atoms with Crippen LogP contribution in [-0.4, -0.2) is 35.4 Å². The molecule has 0 aliphatic rings. The molecule has 2 N–H and O–H groups in total. The lowest BCUT2D eigenvalue weighted by Crippen LogP contribution is -2.42. The van der Waals surface area contributed by atoms with Crippen LogP contribution in [0.4, 0.5) is 0 Å². The molecule has 0 unspecified atom stereocenters. The molecule has 0 bridgehead atoms.